The quantitative estimate of drug-likeness (QED) is 0.191. The molecule has 1 nitrogen and oxygen atoms in total. The molecule has 1 aliphatic carbocycles. The number of hydrogen-bond donors (Lipinski definition) is 0. The fraction of sp³-hybridized carbons (Fsp3) is 0.368. The fourth-order valence-corrected chi connectivity index (χ4v) is 8.38. The van der Waals surface area contributed by atoms with Crippen LogP contribution in [0.2, 0.25) is 0 Å². The second kappa shape index (κ2) is 7.45. The summed E-state index contributed by atoms with van der Waals surface area (Å²) in [5.41, 5.74) is 29.3. The molecule has 4 aromatic carbocycles. The second-order valence-electron chi connectivity index (χ2n) is 12.9. The Morgan fingerprint density at radius 2 is 0.667 bits per heavy atom. The SMILES string of the molecule is Cc1c(C)c(C)c2c(c1C)Cc1c(C)c(C)c3c4c(C)c(C)c(C)c5c6c(C)c(C)c(C)c(C)c6n(c3c1-2)c54. The molecule has 7 rings (SSSR count). The van der Waals surface area contributed by atoms with Crippen molar-refractivity contribution in [2.45, 2.75) is 96.4 Å². The molecule has 0 saturated heterocycles. The van der Waals surface area contributed by atoms with Gasteiger partial charge in [-0.25, -0.2) is 0 Å². The molecule has 2 aromatic heterocycles. The maximum atomic E-state index is 2.73. The molecule has 1 heteroatoms. The van der Waals surface area contributed by atoms with Gasteiger partial charge in [-0.3, -0.25) is 0 Å². The van der Waals surface area contributed by atoms with Crippen LogP contribution in [0.15, 0.2) is 0 Å². The molecule has 6 aromatic rings. The van der Waals surface area contributed by atoms with Crippen LogP contribution in [-0.2, 0) is 6.42 Å². The number of aromatic nitrogens is 1. The van der Waals surface area contributed by atoms with E-state index < -0.39 is 0 Å². The molecule has 0 spiro atoms. The molecule has 2 heterocycles. The van der Waals surface area contributed by atoms with E-state index in [2.05, 4.69) is 94.4 Å². The van der Waals surface area contributed by atoms with Crippen molar-refractivity contribution in [3.8, 4) is 11.1 Å². The Hall–Kier alpha value is -3.32. The number of aryl methyl sites for hydroxylation is 5. The molecular formula is C38H41N. The highest BCUT2D eigenvalue weighted by atomic mass is 14.9. The molecule has 198 valence electrons. The van der Waals surface area contributed by atoms with Gasteiger partial charge in [-0.15, -0.1) is 0 Å². The van der Waals surface area contributed by atoms with Crippen molar-refractivity contribution >= 4 is 38.1 Å². The lowest BCUT2D eigenvalue weighted by Gasteiger charge is -2.18. The Balaban J connectivity index is 1.93. The molecule has 39 heavy (non-hydrogen) atoms. The maximum absolute atomic E-state index is 2.73. The van der Waals surface area contributed by atoms with Gasteiger partial charge in [-0.1, -0.05) is 0 Å². The average Bonchev–Trinajstić information content (AvgIpc) is 3.57. The van der Waals surface area contributed by atoms with Gasteiger partial charge in [0.25, 0.3) is 0 Å². The van der Waals surface area contributed by atoms with Crippen molar-refractivity contribution < 1.29 is 0 Å². The molecule has 0 atom stereocenters. The van der Waals surface area contributed by atoms with Crippen LogP contribution in [0.1, 0.15) is 83.5 Å². The van der Waals surface area contributed by atoms with Crippen LogP contribution in [0.3, 0.4) is 0 Å². The largest absolute Gasteiger partial charge is 0.307 e. The monoisotopic (exact) mass is 511 g/mol. The van der Waals surface area contributed by atoms with E-state index in [1.165, 1.54) is 122 Å². The highest BCUT2D eigenvalue weighted by Crippen LogP contribution is 2.54. The van der Waals surface area contributed by atoms with Gasteiger partial charge in [-0.05, 0) is 185 Å². The van der Waals surface area contributed by atoms with E-state index >= 15 is 0 Å². The first-order valence-corrected chi connectivity index (χ1v) is 14.6. The van der Waals surface area contributed by atoms with Gasteiger partial charge in [0, 0.05) is 27.1 Å². The van der Waals surface area contributed by atoms with E-state index in [9.17, 15) is 0 Å². The summed E-state index contributed by atoms with van der Waals surface area (Å²) in [7, 11) is 0. The topological polar surface area (TPSA) is 4.41 Å². The Morgan fingerprint density at radius 1 is 0.308 bits per heavy atom. The van der Waals surface area contributed by atoms with Crippen LogP contribution in [0.25, 0.3) is 49.2 Å². The number of fused-ring (bicyclic) bond motifs is 10. The summed E-state index contributed by atoms with van der Waals surface area (Å²) >= 11 is 0. The molecule has 0 aliphatic heterocycles. The van der Waals surface area contributed by atoms with Crippen LogP contribution in [-0.4, -0.2) is 4.40 Å². The maximum Gasteiger partial charge on any atom is 0.0626 e. The van der Waals surface area contributed by atoms with Gasteiger partial charge < -0.3 is 4.40 Å². The van der Waals surface area contributed by atoms with Crippen molar-refractivity contribution in [3.63, 3.8) is 0 Å². The lowest BCUT2D eigenvalue weighted by Crippen LogP contribution is -1.99. The van der Waals surface area contributed by atoms with E-state index in [-0.39, 0.29) is 0 Å². The van der Waals surface area contributed by atoms with Gasteiger partial charge in [0.1, 0.15) is 0 Å². The molecule has 0 unspecified atom stereocenters. The zero-order valence-electron chi connectivity index (χ0n) is 26.2. The molecule has 0 fully saturated rings. The summed E-state index contributed by atoms with van der Waals surface area (Å²) < 4.78 is 2.73. The predicted molar refractivity (Wildman–Crippen MR) is 171 cm³/mol. The summed E-state index contributed by atoms with van der Waals surface area (Å²) in [5.74, 6) is 0. The van der Waals surface area contributed by atoms with E-state index in [4.69, 9.17) is 0 Å². The predicted octanol–water partition coefficient (Wildman–Crippen LogP) is 10.4. The third kappa shape index (κ3) is 2.54. The van der Waals surface area contributed by atoms with E-state index in [1.807, 2.05) is 0 Å². The lowest BCUT2D eigenvalue weighted by atomic mass is 9.86. The molecule has 1 aliphatic rings. The first kappa shape index (κ1) is 24.7. The van der Waals surface area contributed by atoms with Crippen molar-refractivity contribution in [2.75, 3.05) is 0 Å². The molecule has 0 radical (unpaired) electrons. The van der Waals surface area contributed by atoms with Crippen LogP contribution >= 0.6 is 0 Å². The molecular weight excluding hydrogens is 470 g/mol. The van der Waals surface area contributed by atoms with Crippen molar-refractivity contribution in [1.82, 2.24) is 4.40 Å². The summed E-state index contributed by atoms with van der Waals surface area (Å²) in [5, 5.41) is 5.90. The zero-order chi connectivity index (χ0) is 28.1. The molecule has 0 saturated carbocycles. The van der Waals surface area contributed by atoms with Crippen LogP contribution in [0.5, 0.6) is 0 Å². The van der Waals surface area contributed by atoms with Gasteiger partial charge in [0.15, 0.2) is 0 Å². The number of rotatable bonds is 0. The first-order valence-electron chi connectivity index (χ1n) is 14.6. The Kier molecular flexibility index (Phi) is 4.72. The zero-order valence-corrected chi connectivity index (χ0v) is 26.2. The van der Waals surface area contributed by atoms with Gasteiger partial charge in [-0.2, -0.15) is 0 Å². The van der Waals surface area contributed by atoms with Gasteiger partial charge in [0.05, 0.1) is 16.6 Å². The molecule has 0 bridgehead atoms. The molecule has 0 amide bonds. The number of benzene rings is 4. The highest BCUT2D eigenvalue weighted by Gasteiger charge is 2.34. The fourth-order valence-electron chi connectivity index (χ4n) is 8.38. The third-order valence-electron chi connectivity index (χ3n) is 11.8. The van der Waals surface area contributed by atoms with E-state index in [0.29, 0.717) is 0 Å². The standard InChI is InChI=1S/C38H41N/c1-15-16(2)22(8)30-28(20(15)6)14-29-21(7)26(12)34-33-25(11)19(5)24(10)32-31-23(9)17(3)18(4)27(13)36(31)39(37(32)33)38(34)35(29)30/h14H2,1-13H3. The van der Waals surface area contributed by atoms with E-state index in [0.717, 1.165) is 6.42 Å². The Morgan fingerprint density at radius 3 is 1.26 bits per heavy atom. The summed E-state index contributed by atoms with van der Waals surface area (Å²) in [6.07, 6.45) is 1.05. The van der Waals surface area contributed by atoms with Crippen LogP contribution in [0, 0.1) is 90.0 Å². The lowest BCUT2D eigenvalue weighted by molar-refractivity contribution is 1.13. The van der Waals surface area contributed by atoms with Gasteiger partial charge in [0.2, 0.25) is 0 Å². The number of hydrogen-bond acceptors (Lipinski definition) is 0. The number of nitrogens with zero attached hydrogens (tertiary/aromatic N) is 1. The smallest absolute Gasteiger partial charge is 0.0626 e. The molecule has 0 N–H and O–H groups in total. The minimum Gasteiger partial charge on any atom is -0.307 e. The van der Waals surface area contributed by atoms with Crippen molar-refractivity contribution in [1.29, 1.82) is 0 Å². The summed E-state index contributed by atoms with van der Waals surface area (Å²) in [6.45, 7) is 30.5. The second-order valence-corrected chi connectivity index (χ2v) is 12.9. The minimum atomic E-state index is 1.05. The average molecular weight is 512 g/mol. The Bertz CT molecular complexity index is 2140. The van der Waals surface area contributed by atoms with Crippen molar-refractivity contribution in [2.24, 2.45) is 0 Å². The van der Waals surface area contributed by atoms with Crippen molar-refractivity contribution in [3.05, 3.63) is 83.5 Å². The summed E-state index contributed by atoms with van der Waals surface area (Å²) in [4.78, 5) is 0. The third-order valence-corrected chi connectivity index (χ3v) is 11.8. The van der Waals surface area contributed by atoms with Gasteiger partial charge >= 0.3 is 0 Å². The Labute approximate surface area is 233 Å². The minimum absolute atomic E-state index is 1.05. The first-order chi connectivity index (χ1) is 18.3. The van der Waals surface area contributed by atoms with E-state index in [1.54, 1.807) is 11.1 Å². The van der Waals surface area contributed by atoms with Crippen LogP contribution in [0.4, 0.5) is 0 Å². The normalized spacial score (nSPS) is 13.2. The highest BCUT2D eigenvalue weighted by molar-refractivity contribution is 6.29. The van der Waals surface area contributed by atoms with Crippen LogP contribution < -0.4 is 0 Å². The summed E-state index contributed by atoms with van der Waals surface area (Å²) in [6, 6.07) is 0.